The maximum Gasteiger partial charge on any atom is 0.191 e. The van der Waals surface area contributed by atoms with Crippen molar-refractivity contribution in [3.63, 3.8) is 0 Å². The minimum atomic E-state index is 0. The highest BCUT2D eigenvalue weighted by atomic mass is 127. The van der Waals surface area contributed by atoms with E-state index in [2.05, 4.69) is 45.1 Å². The van der Waals surface area contributed by atoms with Crippen LogP contribution in [-0.4, -0.2) is 60.0 Å². The zero-order valence-electron chi connectivity index (χ0n) is 15.9. The summed E-state index contributed by atoms with van der Waals surface area (Å²) in [5, 5.41) is 13.2. The SMILES string of the molecule is CCNC(=NCc1cnn(C)c1)NCC(c1cccs1)N1CCOCC1.I. The van der Waals surface area contributed by atoms with Crippen LogP contribution in [0.1, 0.15) is 23.4 Å². The smallest absolute Gasteiger partial charge is 0.191 e. The number of aryl methyl sites for hydroxylation is 1. The largest absolute Gasteiger partial charge is 0.379 e. The highest BCUT2D eigenvalue weighted by Gasteiger charge is 2.23. The maximum absolute atomic E-state index is 5.52. The Hall–Kier alpha value is -1.17. The summed E-state index contributed by atoms with van der Waals surface area (Å²) in [4.78, 5) is 8.57. The number of hydrogen-bond acceptors (Lipinski definition) is 5. The molecule has 7 nitrogen and oxygen atoms in total. The van der Waals surface area contributed by atoms with Gasteiger partial charge in [0.25, 0.3) is 0 Å². The molecule has 1 aliphatic heterocycles. The number of nitrogens with one attached hydrogen (secondary N) is 2. The Morgan fingerprint density at radius 3 is 2.81 bits per heavy atom. The van der Waals surface area contributed by atoms with E-state index < -0.39 is 0 Å². The van der Waals surface area contributed by atoms with E-state index in [1.165, 1.54) is 4.88 Å². The lowest BCUT2D eigenvalue weighted by Crippen LogP contribution is -2.46. The fourth-order valence-electron chi connectivity index (χ4n) is 3.04. The van der Waals surface area contributed by atoms with E-state index in [1.54, 1.807) is 4.68 Å². The molecule has 0 radical (unpaired) electrons. The Bertz CT molecular complexity index is 684. The molecule has 0 aromatic carbocycles. The molecule has 3 heterocycles. The van der Waals surface area contributed by atoms with Gasteiger partial charge in [0.05, 0.1) is 32.0 Å². The molecule has 0 spiro atoms. The number of hydrogen-bond donors (Lipinski definition) is 2. The van der Waals surface area contributed by atoms with Gasteiger partial charge in [0.2, 0.25) is 0 Å². The minimum absolute atomic E-state index is 0. The van der Waals surface area contributed by atoms with E-state index >= 15 is 0 Å². The van der Waals surface area contributed by atoms with Crippen molar-refractivity contribution in [2.45, 2.75) is 19.5 Å². The van der Waals surface area contributed by atoms with Crippen LogP contribution < -0.4 is 10.6 Å². The summed E-state index contributed by atoms with van der Waals surface area (Å²) >= 11 is 1.81. The number of thiophene rings is 1. The second-order valence-electron chi connectivity index (χ2n) is 6.28. The number of morpholine rings is 1. The van der Waals surface area contributed by atoms with Gasteiger partial charge in [-0.15, -0.1) is 35.3 Å². The zero-order chi connectivity index (χ0) is 18.2. The monoisotopic (exact) mass is 504 g/mol. The lowest BCUT2D eigenvalue weighted by atomic mass is 10.2. The molecular weight excluding hydrogens is 475 g/mol. The van der Waals surface area contributed by atoms with Gasteiger partial charge in [-0.1, -0.05) is 6.07 Å². The molecule has 0 bridgehead atoms. The molecule has 1 unspecified atom stereocenters. The summed E-state index contributed by atoms with van der Waals surface area (Å²) in [6, 6.07) is 4.67. The molecule has 0 aliphatic carbocycles. The normalized spacial score (nSPS) is 16.6. The molecule has 0 saturated carbocycles. The number of nitrogens with zero attached hydrogens (tertiary/aromatic N) is 4. The van der Waals surface area contributed by atoms with Crippen molar-refractivity contribution in [2.75, 3.05) is 39.4 Å². The molecule has 1 fully saturated rings. The topological polar surface area (TPSA) is 66.7 Å². The summed E-state index contributed by atoms with van der Waals surface area (Å²) in [5.74, 6) is 0.839. The average molecular weight is 504 g/mol. The first-order valence-corrected chi connectivity index (χ1v) is 9.99. The van der Waals surface area contributed by atoms with Crippen molar-refractivity contribution in [2.24, 2.45) is 12.0 Å². The zero-order valence-corrected chi connectivity index (χ0v) is 19.1. The van der Waals surface area contributed by atoms with Gasteiger partial charge in [-0.2, -0.15) is 5.10 Å². The highest BCUT2D eigenvalue weighted by molar-refractivity contribution is 14.0. The van der Waals surface area contributed by atoms with Crippen LogP contribution >= 0.6 is 35.3 Å². The van der Waals surface area contributed by atoms with Gasteiger partial charge in [-0.05, 0) is 18.4 Å². The molecule has 1 aliphatic rings. The maximum atomic E-state index is 5.52. The number of aromatic nitrogens is 2. The van der Waals surface area contributed by atoms with Gasteiger partial charge < -0.3 is 15.4 Å². The fourth-order valence-corrected chi connectivity index (χ4v) is 3.90. The van der Waals surface area contributed by atoms with E-state index in [4.69, 9.17) is 9.73 Å². The van der Waals surface area contributed by atoms with Crippen LogP contribution in [0.25, 0.3) is 0 Å². The van der Waals surface area contributed by atoms with Crippen LogP contribution in [0, 0.1) is 0 Å². The highest BCUT2D eigenvalue weighted by Crippen LogP contribution is 2.25. The Balaban J connectivity index is 0.00000261. The first-order chi connectivity index (χ1) is 12.8. The molecule has 150 valence electrons. The molecule has 2 aromatic heterocycles. The van der Waals surface area contributed by atoms with Gasteiger partial charge in [0.1, 0.15) is 0 Å². The molecule has 1 atom stereocenters. The van der Waals surface area contributed by atoms with Crippen LogP contribution in [-0.2, 0) is 18.3 Å². The number of halogens is 1. The lowest BCUT2D eigenvalue weighted by molar-refractivity contribution is 0.0177. The Kier molecular flexibility index (Phi) is 9.52. The van der Waals surface area contributed by atoms with Crippen molar-refractivity contribution in [1.82, 2.24) is 25.3 Å². The summed E-state index contributed by atoms with van der Waals surface area (Å²) in [6.07, 6.45) is 3.85. The van der Waals surface area contributed by atoms with Gasteiger partial charge in [0, 0.05) is 49.9 Å². The molecular formula is C18H29IN6OS. The molecule has 2 N–H and O–H groups in total. The second kappa shape index (κ2) is 11.6. The van der Waals surface area contributed by atoms with Crippen molar-refractivity contribution in [3.05, 3.63) is 40.3 Å². The standard InChI is InChI=1S/C18H28N6OS.HI/c1-3-19-18(20-11-15-12-22-23(2)14-15)21-13-16(17-5-4-10-26-17)24-6-8-25-9-7-24;/h4-5,10,12,14,16H,3,6-9,11,13H2,1-2H3,(H2,19,20,21);1H. The molecule has 27 heavy (non-hydrogen) atoms. The molecule has 3 rings (SSSR count). The third-order valence-electron chi connectivity index (χ3n) is 4.34. The number of aliphatic imine (C=N–C) groups is 1. The van der Waals surface area contributed by atoms with E-state index in [-0.39, 0.29) is 24.0 Å². The van der Waals surface area contributed by atoms with E-state index in [0.717, 1.165) is 50.9 Å². The van der Waals surface area contributed by atoms with E-state index in [0.29, 0.717) is 12.6 Å². The first kappa shape index (κ1) is 22.1. The predicted molar refractivity (Wildman–Crippen MR) is 121 cm³/mol. The molecule has 9 heteroatoms. The lowest BCUT2D eigenvalue weighted by Gasteiger charge is -2.34. The Morgan fingerprint density at radius 1 is 1.37 bits per heavy atom. The molecule has 1 saturated heterocycles. The fraction of sp³-hybridized carbons (Fsp3) is 0.556. The number of rotatable bonds is 7. The van der Waals surface area contributed by atoms with Gasteiger partial charge in [-0.3, -0.25) is 9.58 Å². The van der Waals surface area contributed by atoms with Crippen molar-refractivity contribution >= 4 is 41.3 Å². The van der Waals surface area contributed by atoms with Crippen molar-refractivity contribution in [3.8, 4) is 0 Å². The van der Waals surface area contributed by atoms with Crippen LogP contribution in [0.5, 0.6) is 0 Å². The van der Waals surface area contributed by atoms with Crippen LogP contribution in [0.3, 0.4) is 0 Å². The van der Waals surface area contributed by atoms with Gasteiger partial charge in [-0.25, -0.2) is 4.99 Å². The molecule has 0 amide bonds. The summed E-state index contributed by atoms with van der Waals surface area (Å²) < 4.78 is 7.32. The van der Waals surface area contributed by atoms with E-state index in [1.807, 2.05) is 30.8 Å². The minimum Gasteiger partial charge on any atom is -0.379 e. The number of guanidine groups is 1. The van der Waals surface area contributed by atoms with Crippen LogP contribution in [0.4, 0.5) is 0 Å². The predicted octanol–water partition coefficient (Wildman–Crippen LogP) is 2.23. The molecule has 2 aromatic rings. The van der Waals surface area contributed by atoms with Crippen molar-refractivity contribution in [1.29, 1.82) is 0 Å². The van der Waals surface area contributed by atoms with Crippen LogP contribution in [0.15, 0.2) is 34.9 Å². The summed E-state index contributed by atoms with van der Waals surface area (Å²) in [6.45, 7) is 7.89. The van der Waals surface area contributed by atoms with Gasteiger partial charge >= 0.3 is 0 Å². The third-order valence-corrected chi connectivity index (χ3v) is 5.32. The second-order valence-corrected chi connectivity index (χ2v) is 7.26. The van der Waals surface area contributed by atoms with Crippen LogP contribution in [0.2, 0.25) is 0 Å². The quantitative estimate of drug-likeness (QED) is 0.344. The van der Waals surface area contributed by atoms with Gasteiger partial charge in [0.15, 0.2) is 5.96 Å². The number of ether oxygens (including phenoxy) is 1. The summed E-state index contributed by atoms with van der Waals surface area (Å²) in [5.41, 5.74) is 1.10. The Morgan fingerprint density at radius 2 is 2.19 bits per heavy atom. The van der Waals surface area contributed by atoms with Crippen molar-refractivity contribution < 1.29 is 4.74 Å². The first-order valence-electron chi connectivity index (χ1n) is 9.11. The summed E-state index contributed by atoms with van der Waals surface area (Å²) in [7, 11) is 1.92. The Labute approximate surface area is 182 Å². The average Bonchev–Trinajstić information content (AvgIpc) is 3.33. The third kappa shape index (κ3) is 6.74. The van der Waals surface area contributed by atoms with E-state index in [9.17, 15) is 0 Å².